The molecule has 1 aliphatic heterocycles. The van der Waals surface area contributed by atoms with Crippen LogP contribution in [0, 0.1) is 23.5 Å². The van der Waals surface area contributed by atoms with Crippen molar-refractivity contribution in [3.8, 4) is 0 Å². The first-order valence-corrected chi connectivity index (χ1v) is 12.3. The van der Waals surface area contributed by atoms with Crippen LogP contribution in [-0.4, -0.2) is 42.2 Å². The van der Waals surface area contributed by atoms with E-state index in [2.05, 4.69) is 4.90 Å². The Bertz CT molecular complexity index is 1080. The normalized spacial score (nSPS) is 16.0. The highest BCUT2D eigenvalue weighted by Gasteiger charge is 2.29. The van der Waals surface area contributed by atoms with Gasteiger partial charge in [0.1, 0.15) is 17.7 Å². The number of ether oxygens (including phenoxy) is 1. The van der Waals surface area contributed by atoms with Gasteiger partial charge in [-0.25, -0.2) is 8.78 Å². The average Bonchev–Trinajstić information content (AvgIpc) is 2.89. The first kappa shape index (κ1) is 25.7. The number of carboxylic acid groups (broad SMARTS) is 1. The predicted octanol–water partition coefficient (Wildman–Crippen LogP) is 6.20. The van der Waals surface area contributed by atoms with Crippen LogP contribution in [0.4, 0.5) is 8.78 Å². The SMILES string of the molecule is O=C(O)C(C=Cc1ccccc1)C1CCN(CCOC(c2ccc(F)cc2)c2ccc(F)cc2)CC1. The molecule has 4 rings (SSSR count). The largest absolute Gasteiger partial charge is 0.481 e. The molecule has 1 atom stereocenters. The maximum Gasteiger partial charge on any atom is 0.310 e. The molecule has 3 aromatic rings. The van der Waals surface area contributed by atoms with Crippen molar-refractivity contribution in [3.63, 3.8) is 0 Å². The molecule has 1 saturated heterocycles. The molecular formula is C30H31F2NO3. The van der Waals surface area contributed by atoms with Gasteiger partial charge in [0.25, 0.3) is 0 Å². The summed E-state index contributed by atoms with van der Waals surface area (Å²) in [6.45, 7) is 2.74. The maximum atomic E-state index is 13.4. The molecule has 0 saturated carbocycles. The molecule has 1 unspecified atom stereocenters. The Morgan fingerprint density at radius 1 is 0.917 bits per heavy atom. The monoisotopic (exact) mass is 491 g/mol. The number of aliphatic carboxylic acids is 1. The molecule has 0 aromatic heterocycles. The Morgan fingerprint density at radius 3 is 2.00 bits per heavy atom. The summed E-state index contributed by atoms with van der Waals surface area (Å²) in [6, 6.07) is 22.0. The van der Waals surface area contributed by atoms with Gasteiger partial charge in [-0.05, 0) is 72.8 Å². The quantitative estimate of drug-likeness (QED) is 0.367. The zero-order valence-corrected chi connectivity index (χ0v) is 20.1. The molecule has 6 heteroatoms. The topological polar surface area (TPSA) is 49.8 Å². The van der Waals surface area contributed by atoms with E-state index >= 15 is 0 Å². The summed E-state index contributed by atoms with van der Waals surface area (Å²) in [5, 5.41) is 9.79. The van der Waals surface area contributed by atoms with Gasteiger partial charge in [-0.1, -0.05) is 66.7 Å². The van der Waals surface area contributed by atoms with E-state index in [4.69, 9.17) is 4.74 Å². The van der Waals surface area contributed by atoms with Crippen molar-refractivity contribution in [2.75, 3.05) is 26.2 Å². The first-order chi connectivity index (χ1) is 17.5. The number of hydrogen-bond donors (Lipinski definition) is 1. The standard InChI is InChI=1S/C30H31F2NO3/c31-26-11-7-24(8-12-26)29(25-9-13-27(32)14-10-25)36-21-20-33-18-16-23(17-19-33)28(30(34)35)15-6-22-4-2-1-3-5-22/h1-15,23,28-29H,16-21H2,(H,34,35). The van der Waals surface area contributed by atoms with Crippen molar-refractivity contribution in [1.82, 2.24) is 4.90 Å². The number of carbonyl (C=O) groups is 1. The van der Waals surface area contributed by atoms with Crippen molar-refractivity contribution in [1.29, 1.82) is 0 Å². The fourth-order valence-electron chi connectivity index (χ4n) is 4.72. The van der Waals surface area contributed by atoms with E-state index < -0.39 is 18.0 Å². The summed E-state index contributed by atoms with van der Waals surface area (Å²) < 4.78 is 33.1. The lowest BCUT2D eigenvalue weighted by Gasteiger charge is -2.34. The van der Waals surface area contributed by atoms with E-state index in [1.165, 1.54) is 24.3 Å². The molecule has 0 radical (unpaired) electrons. The number of hydrogen-bond acceptors (Lipinski definition) is 3. The van der Waals surface area contributed by atoms with E-state index in [9.17, 15) is 18.7 Å². The van der Waals surface area contributed by atoms with Crippen molar-refractivity contribution >= 4 is 12.0 Å². The molecule has 0 aliphatic carbocycles. The fourth-order valence-corrected chi connectivity index (χ4v) is 4.72. The van der Waals surface area contributed by atoms with E-state index in [1.807, 2.05) is 42.5 Å². The molecule has 0 spiro atoms. The summed E-state index contributed by atoms with van der Waals surface area (Å²) in [4.78, 5) is 14.2. The highest BCUT2D eigenvalue weighted by atomic mass is 19.1. The maximum absolute atomic E-state index is 13.4. The van der Waals surface area contributed by atoms with Crippen LogP contribution < -0.4 is 0 Å². The van der Waals surface area contributed by atoms with Gasteiger partial charge in [-0.2, -0.15) is 0 Å². The van der Waals surface area contributed by atoms with E-state index in [0.717, 1.165) is 42.6 Å². The second-order valence-corrected chi connectivity index (χ2v) is 9.17. The van der Waals surface area contributed by atoms with Crippen molar-refractivity contribution < 1.29 is 23.4 Å². The Morgan fingerprint density at radius 2 is 1.47 bits per heavy atom. The lowest BCUT2D eigenvalue weighted by atomic mass is 9.83. The van der Waals surface area contributed by atoms with Crippen LogP contribution in [0.1, 0.15) is 35.6 Å². The van der Waals surface area contributed by atoms with Gasteiger partial charge in [0.2, 0.25) is 0 Å². The molecule has 188 valence electrons. The minimum atomic E-state index is -0.787. The predicted molar refractivity (Wildman–Crippen MR) is 136 cm³/mol. The number of halogens is 2. The number of rotatable bonds is 10. The third kappa shape index (κ3) is 7.09. The third-order valence-electron chi connectivity index (χ3n) is 6.76. The molecule has 1 fully saturated rings. The fraction of sp³-hybridized carbons (Fsp3) is 0.300. The van der Waals surface area contributed by atoms with Gasteiger partial charge in [-0.3, -0.25) is 4.79 Å². The second-order valence-electron chi connectivity index (χ2n) is 9.17. The summed E-state index contributed by atoms with van der Waals surface area (Å²) in [7, 11) is 0. The van der Waals surface area contributed by atoms with Crippen LogP contribution in [-0.2, 0) is 9.53 Å². The van der Waals surface area contributed by atoms with Gasteiger partial charge in [0.15, 0.2) is 0 Å². The Kier molecular flexibility index (Phi) is 8.98. The van der Waals surface area contributed by atoms with Crippen molar-refractivity contribution in [3.05, 3.63) is 113 Å². The van der Waals surface area contributed by atoms with Crippen LogP contribution in [0.2, 0.25) is 0 Å². The molecule has 0 bridgehead atoms. The number of nitrogens with zero attached hydrogens (tertiary/aromatic N) is 1. The Balaban J connectivity index is 1.31. The second kappa shape index (κ2) is 12.6. The minimum Gasteiger partial charge on any atom is -0.481 e. The summed E-state index contributed by atoms with van der Waals surface area (Å²) in [5.41, 5.74) is 2.60. The lowest BCUT2D eigenvalue weighted by molar-refractivity contribution is -0.142. The lowest BCUT2D eigenvalue weighted by Crippen LogP contribution is -2.39. The zero-order chi connectivity index (χ0) is 25.3. The van der Waals surface area contributed by atoms with Crippen molar-refractivity contribution in [2.45, 2.75) is 18.9 Å². The van der Waals surface area contributed by atoms with Crippen LogP contribution in [0.5, 0.6) is 0 Å². The van der Waals surface area contributed by atoms with E-state index in [-0.39, 0.29) is 17.6 Å². The molecule has 4 nitrogen and oxygen atoms in total. The molecule has 1 N–H and O–H groups in total. The van der Waals surface area contributed by atoms with Crippen molar-refractivity contribution in [2.24, 2.45) is 11.8 Å². The first-order valence-electron chi connectivity index (χ1n) is 12.3. The average molecular weight is 492 g/mol. The van der Waals surface area contributed by atoms with Gasteiger partial charge >= 0.3 is 5.97 Å². The molecular weight excluding hydrogens is 460 g/mol. The van der Waals surface area contributed by atoms with E-state index in [0.29, 0.717) is 13.2 Å². The van der Waals surface area contributed by atoms with Gasteiger partial charge in [-0.15, -0.1) is 0 Å². The summed E-state index contributed by atoms with van der Waals surface area (Å²) in [5.74, 6) is -1.85. The highest BCUT2D eigenvalue weighted by molar-refractivity contribution is 5.74. The number of benzene rings is 3. The molecule has 3 aromatic carbocycles. The van der Waals surface area contributed by atoms with Gasteiger partial charge in [0, 0.05) is 6.54 Å². The van der Waals surface area contributed by atoms with Gasteiger partial charge in [0.05, 0.1) is 12.5 Å². The Hall–Kier alpha value is -3.35. The summed E-state index contributed by atoms with van der Waals surface area (Å²) in [6.07, 6.45) is 4.88. The van der Waals surface area contributed by atoms with Crippen LogP contribution in [0.3, 0.4) is 0 Å². The van der Waals surface area contributed by atoms with Gasteiger partial charge < -0.3 is 14.7 Å². The third-order valence-corrected chi connectivity index (χ3v) is 6.76. The Labute approximate surface area is 210 Å². The highest BCUT2D eigenvalue weighted by Crippen LogP contribution is 2.29. The molecule has 0 amide bonds. The molecule has 1 heterocycles. The molecule has 36 heavy (non-hydrogen) atoms. The number of carboxylic acids is 1. The summed E-state index contributed by atoms with van der Waals surface area (Å²) >= 11 is 0. The van der Waals surface area contributed by atoms with Crippen LogP contribution in [0.15, 0.2) is 84.9 Å². The van der Waals surface area contributed by atoms with Crippen LogP contribution in [0.25, 0.3) is 6.08 Å². The van der Waals surface area contributed by atoms with Crippen LogP contribution >= 0.6 is 0 Å². The van der Waals surface area contributed by atoms with E-state index in [1.54, 1.807) is 24.3 Å². The number of piperidine rings is 1. The smallest absolute Gasteiger partial charge is 0.310 e. The number of likely N-dealkylation sites (tertiary alicyclic amines) is 1. The molecule has 1 aliphatic rings. The zero-order valence-electron chi connectivity index (χ0n) is 20.1. The minimum absolute atomic E-state index is 0.0887.